The number of amides is 2. The number of piperidine rings is 1. The number of rotatable bonds is 5. The van der Waals surface area contributed by atoms with Gasteiger partial charge in [-0.2, -0.15) is 0 Å². The number of hydrogen-bond acceptors (Lipinski definition) is 2. The Hall–Kier alpha value is -2.69. The molecule has 1 saturated heterocycles. The van der Waals surface area contributed by atoms with Gasteiger partial charge in [0.2, 0.25) is 0 Å². The molecule has 0 radical (unpaired) electrons. The quantitative estimate of drug-likeness (QED) is 0.875. The van der Waals surface area contributed by atoms with Crippen LogP contribution in [0.4, 0.5) is 4.39 Å². The topological polar surface area (TPSA) is 49.4 Å². The van der Waals surface area contributed by atoms with Gasteiger partial charge in [0.15, 0.2) is 0 Å². The molecule has 1 aliphatic heterocycles. The maximum atomic E-state index is 13.6. The Morgan fingerprint density at radius 3 is 2.52 bits per heavy atom. The van der Waals surface area contributed by atoms with Crippen molar-refractivity contribution >= 4 is 11.8 Å². The average molecular weight is 368 g/mol. The fraction of sp³-hybridized carbons (Fsp3) is 0.364. The molecule has 4 nitrogen and oxygen atoms in total. The van der Waals surface area contributed by atoms with Gasteiger partial charge in [-0.25, -0.2) is 4.39 Å². The summed E-state index contributed by atoms with van der Waals surface area (Å²) < 4.78 is 13.6. The molecule has 27 heavy (non-hydrogen) atoms. The predicted molar refractivity (Wildman–Crippen MR) is 103 cm³/mol. The lowest BCUT2D eigenvalue weighted by atomic mass is 9.99. The summed E-state index contributed by atoms with van der Waals surface area (Å²) in [6, 6.07) is 13.3. The SMILES string of the molecule is CC1CCCN(C(=O)c2ccc(C(=O)NCCc3ccccc3F)cc2)C1. The number of benzene rings is 2. The van der Waals surface area contributed by atoms with Gasteiger partial charge in [0.05, 0.1) is 0 Å². The molecule has 0 spiro atoms. The van der Waals surface area contributed by atoms with Crippen LogP contribution in [0.25, 0.3) is 0 Å². The van der Waals surface area contributed by atoms with Gasteiger partial charge in [0.1, 0.15) is 5.82 Å². The number of halogens is 1. The number of carbonyl (C=O) groups excluding carboxylic acids is 2. The van der Waals surface area contributed by atoms with Crippen molar-refractivity contribution in [1.82, 2.24) is 10.2 Å². The molecule has 5 heteroatoms. The van der Waals surface area contributed by atoms with Crippen LogP contribution in [0.3, 0.4) is 0 Å². The molecule has 0 aliphatic carbocycles. The molecule has 1 aliphatic rings. The van der Waals surface area contributed by atoms with Crippen LogP contribution in [-0.2, 0) is 6.42 Å². The van der Waals surface area contributed by atoms with Crippen LogP contribution in [0.2, 0.25) is 0 Å². The molecule has 1 heterocycles. The van der Waals surface area contributed by atoms with Crippen molar-refractivity contribution in [2.45, 2.75) is 26.2 Å². The molecule has 2 amide bonds. The van der Waals surface area contributed by atoms with Gasteiger partial charge in [0.25, 0.3) is 11.8 Å². The Bertz CT molecular complexity index is 804. The average Bonchev–Trinajstić information content (AvgIpc) is 2.69. The molecule has 0 aromatic heterocycles. The number of hydrogen-bond donors (Lipinski definition) is 1. The second-order valence-electron chi connectivity index (χ2n) is 7.17. The van der Waals surface area contributed by atoms with Crippen LogP contribution in [0, 0.1) is 11.7 Å². The molecule has 0 bridgehead atoms. The lowest BCUT2D eigenvalue weighted by Gasteiger charge is -2.31. The molecule has 1 unspecified atom stereocenters. The number of likely N-dealkylation sites (tertiary alicyclic amines) is 1. The summed E-state index contributed by atoms with van der Waals surface area (Å²) in [7, 11) is 0. The number of nitrogens with one attached hydrogen (secondary N) is 1. The van der Waals surface area contributed by atoms with E-state index in [4.69, 9.17) is 0 Å². The van der Waals surface area contributed by atoms with Crippen molar-refractivity contribution in [3.05, 3.63) is 71.0 Å². The maximum absolute atomic E-state index is 13.6. The summed E-state index contributed by atoms with van der Waals surface area (Å²) in [6.07, 6.45) is 2.63. The van der Waals surface area contributed by atoms with Crippen LogP contribution in [0.5, 0.6) is 0 Å². The van der Waals surface area contributed by atoms with Crippen molar-refractivity contribution in [3.63, 3.8) is 0 Å². The summed E-state index contributed by atoms with van der Waals surface area (Å²) >= 11 is 0. The minimum atomic E-state index is -0.262. The molecule has 1 N–H and O–H groups in total. The van der Waals surface area contributed by atoms with Gasteiger partial charge in [-0.1, -0.05) is 25.1 Å². The van der Waals surface area contributed by atoms with Crippen LogP contribution in [-0.4, -0.2) is 36.3 Å². The van der Waals surface area contributed by atoms with E-state index in [9.17, 15) is 14.0 Å². The Morgan fingerprint density at radius 1 is 1.11 bits per heavy atom. The molecule has 0 saturated carbocycles. The monoisotopic (exact) mass is 368 g/mol. The van der Waals surface area contributed by atoms with Crippen molar-refractivity contribution in [3.8, 4) is 0 Å². The zero-order valence-electron chi connectivity index (χ0n) is 15.6. The van der Waals surface area contributed by atoms with E-state index in [1.165, 1.54) is 6.07 Å². The normalized spacial score (nSPS) is 16.8. The first-order valence-corrected chi connectivity index (χ1v) is 9.45. The maximum Gasteiger partial charge on any atom is 0.253 e. The molecule has 142 valence electrons. The van der Waals surface area contributed by atoms with E-state index in [-0.39, 0.29) is 17.6 Å². The fourth-order valence-electron chi connectivity index (χ4n) is 3.43. The van der Waals surface area contributed by atoms with Crippen LogP contribution >= 0.6 is 0 Å². The van der Waals surface area contributed by atoms with Gasteiger partial charge in [-0.3, -0.25) is 9.59 Å². The number of nitrogens with zero attached hydrogens (tertiary/aromatic N) is 1. The molecule has 1 atom stereocenters. The van der Waals surface area contributed by atoms with Crippen LogP contribution in [0.1, 0.15) is 46.0 Å². The van der Waals surface area contributed by atoms with Crippen molar-refractivity contribution in [2.24, 2.45) is 5.92 Å². The highest BCUT2D eigenvalue weighted by molar-refractivity contribution is 5.97. The van der Waals surface area contributed by atoms with E-state index >= 15 is 0 Å². The van der Waals surface area contributed by atoms with Gasteiger partial charge in [-0.05, 0) is 61.1 Å². The summed E-state index contributed by atoms with van der Waals surface area (Å²) in [6.45, 7) is 4.10. The highest BCUT2D eigenvalue weighted by Gasteiger charge is 2.22. The minimum absolute atomic E-state index is 0.0214. The first kappa shape index (κ1) is 19.1. The smallest absolute Gasteiger partial charge is 0.253 e. The van der Waals surface area contributed by atoms with E-state index in [0.29, 0.717) is 35.6 Å². The predicted octanol–water partition coefficient (Wildman–Crippen LogP) is 3.67. The van der Waals surface area contributed by atoms with Gasteiger partial charge >= 0.3 is 0 Å². The lowest BCUT2D eigenvalue weighted by molar-refractivity contribution is 0.0682. The van der Waals surface area contributed by atoms with Gasteiger partial charge < -0.3 is 10.2 Å². The molecule has 1 fully saturated rings. The lowest BCUT2D eigenvalue weighted by Crippen LogP contribution is -2.39. The van der Waals surface area contributed by atoms with E-state index in [0.717, 1.165) is 25.9 Å². The molecular weight excluding hydrogens is 343 g/mol. The Balaban J connectivity index is 1.54. The van der Waals surface area contributed by atoms with E-state index in [2.05, 4.69) is 12.2 Å². The first-order valence-electron chi connectivity index (χ1n) is 9.45. The van der Waals surface area contributed by atoms with E-state index in [1.54, 1.807) is 42.5 Å². The van der Waals surface area contributed by atoms with Crippen molar-refractivity contribution in [1.29, 1.82) is 0 Å². The molecule has 2 aromatic carbocycles. The van der Waals surface area contributed by atoms with Crippen molar-refractivity contribution < 1.29 is 14.0 Å². The Morgan fingerprint density at radius 2 is 1.81 bits per heavy atom. The zero-order chi connectivity index (χ0) is 19.2. The van der Waals surface area contributed by atoms with Crippen LogP contribution < -0.4 is 5.32 Å². The number of carbonyl (C=O) groups is 2. The van der Waals surface area contributed by atoms with E-state index < -0.39 is 0 Å². The Kier molecular flexibility index (Phi) is 6.22. The largest absolute Gasteiger partial charge is 0.352 e. The molecule has 3 rings (SSSR count). The summed E-state index contributed by atoms with van der Waals surface area (Å²) in [4.78, 5) is 26.7. The van der Waals surface area contributed by atoms with Gasteiger partial charge in [-0.15, -0.1) is 0 Å². The standard InChI is InChI=1S/C22H25FN2O2/c1-16-5-4-14-25(15-16)22(27)19-10-8-18(9-11-19)21(26)24-13-12-17-6-2-3-7-20(17)23/h2-3,6-11,16H,4-5,12-15H2,1H3,(H,24,26). The zero-order valence-corrected chi connectivity index (χ0v) is 15.6. The van der Waals surface area contributed by atoms with Crippen molar-refractivity contribution in [2.75, 3.05) is 19.6 Å². The third-order valence-electron chi connectivity index (χ3n) is 4.98. The van der Waals surface area contributed by atoms with Crippen LogP contribution in [0.15, 0.2) is 48.5 Å². The summed E-state index contributed by atoms with van der Waals surface area (Å²) in [5.74, 6) is 0.0637. The summed E-state index contributed by atoms with van der Waals surface area (Å²) in [5.41, 5.74) is 1.67. The molecule has 2 aromatic rings. The first-order chi connectivity index (χ1) is 13.0. The van der Waals surface area contributed by atoms with E-state index in [1.807, 2.05) is 4.90 Å². The fourth-order valence-corrected chi connectivity index (χ4v) is 3.43. The Labute approximate surface area is 159 Å². The second kappa shape index (κ2) is 8.80. The van der Waals surface area contributed by atoms with Gasteiger partial charge in [0, 0.05) is 30.8 Å². The summed E-state index contributed by atoms with van der Waals surface area (Å²) in [5, 5.41) is 2.79. The third kappa shape index (κ3) is 4.94. The highest BCUT2D eigenvalue weighted by atomic mass is 19.1. The minimum Gasteiger partial charge on any atom is -0.352 e. The molecular formula is C22H25FN2O2. The highest BCUT2D eigenvalue weighted by Crippen LogP contribution is 2.18. The second-order valence-corrected chi connectivity index (χ2v) is 7.17. The third-order valence-corrected chi connectivity index (χ3v) is 4.98.